The van der Waals surface area contributed by atoms with Crippen molar-refractivity contribution < 1.29 is 30.2 Å². The normalized spacial score (nSPS) is 1.71. The molecule has 7 heteroatoms. The van der Waals surface area contributed by atoms with Crippen LogP contribution in [-0.2, 0) is 73.9 Å². The van der Waals surface area contributed by atoms with Gasteiger partial charge in [-0.05, 0) is 0 Å². The topological polar surface area (TPSA) is 40.5 Å². The van der Waals surface area contributed by atoms with E-state index >= 15 is 0 Å². The molecule has 0 saturated heterocycles. The van der Waals surface area contributed by atoms with Crippen LogP contribution in [-0.4, -0.2) is 9.11 Å². The molecule has 0 aliphatic rings. The fourth-order valence-electron chi connectivity index (χ4n) is 0. The van der Waals surface area contributed by atoms with E-state index in [0.29, 0.717) is 0 Å². The molecule has 0 spiro atoms. The minimum atomic E-state index is 0. The molecule has 0 bridgehead atoms. The van der Waals surface area contributed by atoms with Crippen molar-refractivity contribution in [1.29, 1.82) is 0 Å². The van der Waals surface area contributed by atoms with Gasteiger partial charge in [0, 0.05) is 0 Å². The zero-order valence-corrected chi connectivity index (χ0v) is 8.21. The summed E-state index contributed by atoms with van der Waals surface area (Å²) in [6.45, 7) is 0. The smallest absolute Gasteiger partial charge is 2.00 e. The first-order chi connectivity index (χ1) is 2.00. The average molecular weight is 258 g/mol. The third-order valence-corrected chi connectivity index (χ3v) is 0. The van der Waals surface area contributed by atoms with E-state index in [-0.39, 0.29) is 48.1 Å². The monoisotopic (exact) mass is 260 g/mol. The first kappa shape index (κ1) is 36.0. The van der Waals surface area contributed by atoms with Gasteiger partial charge in [-0.3, -0.25) is 0 Å². The number of rotatable bonds is 0. The van der Waals surface area contributed by atoms with Gasteiger partial charge in [0.2, 0.25) is 0 Å². The second-order valence-corrected chi connectivity index (χ2v) is 0. The van der Waals surface area contributed by atoms with Crippen LogP contribution in [0.25, 0.3) is 0 Å². The summed E-state index contributed by atoms with van der Waals surface area (Å²) in [6, 6.07) is 0. The Hall–Kier alpha value is 2.01. The Kier molecular flexibility index (Phi) is 501. The molecule has 0 atom stereocenters. The molecule has 0 aliphatic heterocycles. The van der Waals surface area contributed by atoms with E-state index in [9.17, 15) is 0 Å². The van der Waals surface area contributed by atoms with Gasteiger partial charge in [-0.2, -0.15) is 0 Å². The Balaban J connectivity index is -0.00000000267. The van der Waals surface area contributed by atoms with Crippen LogP contribution in [0.5, 0.6) is 0 Å². The van der Waals surface area contributed by atoms with E-state index in [0.717, 1.165) is 0 Å². The third-order valence-electron chi connectivity index (χ3n) is 0. The van der Waals surface area contributed by atoms with E-state index in [2.05, 4.69) is 25.8 Å². The van der Waals surface area contributed by atoms with E-state index in [1.54, 1.807) is 0 Å². The maximum absolute atomic E-state index is 6.58. The molecule has 0 heterocycles. The molecule has 0 aromatic carbocycles. The quantitative estimate of drug-likeness (QED) is 0.474. The van der Waals surface area contributed by atoms with Gasteiger partial charge in [0.15, 0.2) is 0 Å². The molecular weight excluding hydrogens is 256 g/mol. The molecule has 0 aromatic heterocycles. The van der Waals surface area contributed by atoms with E-state index in [1.807, 2.05) is 0 Å². The summed E-state index contributed by atoms with van der Waals surface area (Å²) < 4.78 is 13.2. The molecule has 0 aliphatic carbocycles. The van der Waals surface area contributed by atoms with Crippen molar-refractivity contribution in [3.8, 4) is 0 Å². The van der Waals surface area contributed by atoms with Crippen LogP contribution in [0.3, 0.4) is 0 Å². The van der Waals surface area contributed by atoms with Gasteiger partial charge in [-0.25, -0.2) is 0 Å². The van der Waals surface area contributed by atoms with Crippen molar-refractivity contribution >= 4 is 52.8 Å². The second-order valence-electron chi connectivity index (χ2n) is 0. The summed E-state index contributed by atoms with van der Waals surface area (Å²) in [5.74, 6) is 0. The third kappa shape index (κ3) is 71.7. The summed E-state index contributed by atoms with van der Waals surface area (Å²) >= 11 is 6.17. The van der Waals surface area contributed by atoms with Crippen molar-refractivity contribution in [2.24, 2.45) is 0 Å². The Bertz CT molecular complexity index is 9.65. The fraction of sp³-hybridized carbons (Fsp3) is 0. The standard InChI is InChI=1S/Mo.2H2OS.2S/c;2*1-2;;/h;2*1-2H;;/q+6;;;2*-2/p-2. The zero-order chi connectivity index (χ0) is 4.00. The summed E-state index contributed by atoms with van der Waals surface area (Å²) in [4.78, 5) is 0. The maximum atomic E-state index is 6.58. The molecule has 0 fully saturated rings. The predicted octanol–water partition coefficient (Wildman–Crippen LogP) is 0.00530. The predicted molar refractivity (Wildman–Crippen MR) is 34.7 cm³/mol. The molecule has 0 aromatic rings. The van der Waals surface area contributed by atoms with Gasteiger partial charge in [-0.15, -0.1) is 0 Å². The molecule has 0 saturated carbocycles. The van der Waals surface area contributed by atoms with Crippen LogP contribution in [0.2, 0.25) is 0 Å². The molecule has 0 amide bonds. The van der Waals surface area contributed by atoms with Crippen LogP contribution in [0, 0.1) is 0 Å². The molecule has 0 rings (SSSR count). The summed E-state index contributed by atoms with van der Waals surface area (Å²) in [5.41, 5.74) is 0. The van der Waals surface area contributed by atoms with Crippen molar-refractivity contribution in [3.63, 3.8) is 0 Å². The minimum absolute atomic E-state index is 0. The van der Waals surface area contributed by atoms with Gasteiger partial charge in [-0.1, -0.05) is 0 Å². The Morgan fingerprint density at radius 3 is 0.714 bits per heavy atom. The summed E-state index contributed by atoms with van der Waals surface area (Å²) in [6.07, 6.45) is 0. The van der Waals surface area contributed by atoms with Crippen LogP contribution in [0.4, 0.5) is 0 Å². The number of hydrogen-bond acceptors (Lipinski definition) is 4. The van der Waals surface area contributed by atoms with Crippen molar-refractivity contribution in [2.75, 3.05) is 0 Å². The first-order valence-electron chi connectivity index (χ1n) is 0.365. The van der Waals surface area contributed by atoms with Crippen LogP contribution in [0.1, 0.15) is 0 Å². The molecule has 2 nitrogen and oxygen atoms in total. The largest absolute Gasteiger partial charge is 6.00 e. The SMILES string of the molecule is O[S-].O[S-].[Mo+6].[S-2].[S-2]. The first-order valence-corrected chi connectivity index (χ1v) is 1.10. The Labute approximate surface area is 82.5 Å². The molecule has 2 N–H and O–H groups in total. The van der Waals surface area contributed by atoms with Gasteiger partial charge < -0.3 is 61.9 Å². The van der Waals surface area contributed by atoms with E-state index < -0.39 is 0 Å². The molecule has 7 heavy (non-hydrogen) atoms. The van der Waals surface area contributed by atoms with Crippen LogP contribution in [0.15, 0.2) is 0 Å². The summed E-state index contributed by atoms with van der Waals surface area (Å²) in [7, 11) is 0. The van der Waals surface area contributed by atoms with Crippen molar-refractivity contribution in [2.45, 2.75) is 0 Å². The van der Waals surface area contributed by atoms with Gasteiger partial charge in [0.25, 0.3) is 0 Å². The van der Waals surface area contributed by atoms with Crippen molar-refractivity contribution in [1.82, 2.24) is 0 Å². The molecule has 44 valence electrons. The Morgan fingerprint density at radius 2 is 0.714 bits per heavy atom. The van der Waals surface area contributed by atoms with E-state index in [4.69, 9.17) is 9.11 Å². The Morgan fingerprint density at radius 1 is 0.714 bits per heavy atom. The molecular formula is H2MoO2S4. The molecule has 0 unspecified atom stereocenters. The molecule has 0 radical (unpaired) electrons. The zero-order valence-electron chi connectivity index (χ0n) is 2.94. The van der Waals surface area contributed by atoms with Gasteiger partial charge in [0.1, 0.15) is 0 Å². The summed E-state index contributed by atoms with van der Waals surface area (Å²) in [5, 5.41) is 0. The maximum Gasteiger partial charge on any atom is 6.00 e. The fourth-order valence-corrected chi connectivity index (χ4v) is 0. The van der Waals surface area contributed by atoms with Crippen LogP contribution >= 0.6 is 0 Å². The van der Waals surface area contributed by atoms with Gasteiger partial charge >= 0.3 is 21.1 Å². The number of hydrogen-bond donors (Lipinski definition) is 2. The van der Waals surface area contributed by atoms with E-state index in [1.165, 1.54) is 0 Å². The van der Waals surface area contributed by atoms with Crippen molar-refractivity contribution in [3.05, 3.63) is 0 Å². The second kappa shape index (κ2) is 97.5. The average Bonchev–Trinajstić information content (AvgIpc) is 1.50. The van der Waals surface area contributed by atoms with Crippen LogP contribution < -0.4 is 0 Å². The minimum Gasteiger partial charge on any atom is -2.00 e. The van der Waals surface area contributed by atoms with Gasteiger partial charge in [0.05, 0.1) is 0 Å².